The lowest BCUT2D eigenvalue weighted by Crippen LogP contribution is -2.07. The van der Waals surface area contributed by atoms with Crippen LogP contribution in [0.25, 0.3) is 0 Å². The van der Waals surface area contributed by atoms with Crippen LogP contribution in [0.1, 0.15) is 15.9 Å². The minimum absolute atomic E-state index is 0.0226. The summed E-state index contributed by atoms with van der Waals surface area (Å²) in [5.41, 5.74) is 2.05. The van der Waals surface area contributed by atoms with Gasteiger partial charge in [0.05, 0.1) is 11.9 Å². The van der Waals surface area contributed by atoms with E-state index in [1.807, 2.05) is 0 Å². The van der Waals surface area contributed by atoms with E-state index in [9.17, 15) is 13.6 Å². The Balaban J connectivity index is 1.81. The first-order chi connectivity index (χ1) is 12.0. The minimum Gasteiger partial charge on any atom is -0.354 e. The predicted octanol–water partition coefficient (Wildman–Crippen LogP) is 4.58. The van der Waals surface area contributed by atoms with E-state index in [1.165, 1.54) is 18.3 Å². The number of carbonyl (C=O) groups excluding carboxylic acids is 1. The van der Waals surface area contributed by atoms with E-state index in [4.69, 9.17) is 11.6 Å². The molecule has 1 aromatic carbocycles. The van der Waals surface area contributed by atoms with E-state index in [2.05, 4.69) is 15.3 Å². The average Bonchev–Trinajstić information content (AvgIpc) is 2.61. The Hall–Kier alpha value is -2.86. The molecule has 3 rings (SSSR count). The van der Waals surface area contributed by atoms with Crippen molar-refractivity contribution in [2.24, 2.45) is 0 Å². The summed E-state index contributed by atoms with van der Waals surface area (Å²) in [6.45, 7) is 0. The van der Waals surface area contributed by atoms with E-state index in [1.54, 1.807) is 30.6 Å². The van der Waals surface area contributed by atoms with Gasteiger partial charge in [0.25, 0.3) is 0 Å². The fourth-order valence-corrected chi connectivity index (χ4v) is 2.33. The van der Waals surface area contributed by atoms with Crippen molar-refractivity contribution in [3.05, 3.63) is 82.9 Å². The summed E-state index contributed by atoms with van der Waals surface area (Å²) in [5, 5.41) is 2.81. The molecule has 2 aromatic heterocycles. The second-order valence-corrected chi connectivity index (χ2v) is 5.62. The van der Waals surface area contributed by atoms with Crippen LogP contribution in [0.15, 0.2) is 55.0 Å². The third kappa shape index (κ3) is 4.16. The number of anilines is 2. The van der Waals surface area contributed by atoms with Crippen molar-refractivity contribution in [1.82, 2.24) is 9.97 Å². The second kappa shape index (κ2) is 7.36. The van der Waals surface area contributed by atoms with Crippen LogP contribution in [-0.2, 0) is 6.42 Å². The van der Waals surface area contributed by atoms with Crippen molar-refractivity contribution in [3.63, 3.8) is 0 Å². The number of aromatic nitrogens is 2. The minimum atomic E-state index is -0.744. The molecule has 4 nitrogen and oxygen atoms in total. The van der Waals surface area contributed by atoms with Crippen LogP contribution in [0, 0.1) is 11.6 Å². The number of halogens is 3. The first-order valence-corrected chi connectivity index (χ1v) is 7.70. The third-order valence-electron chi connectivity index (χ3n) is 3.50. The van der Waals surface area contributed by atoms with Gasteiger partial charge in [0.15, 0.2) is 16.8 Å². The molecule has 0 fully saturated rings. The van der Waals surface area contributed by atoms with Crippen molar-refractivity contribution in [2.45, 2.75) is 6.42 Å². The number of rotatable bonds is 5. The summed E-state index contributed by atoms with van der Waals surface area (Å²) >= 11 is 5.53. The lowest BCUT2D eigenvalue weighted by molar-refractivity contribution is 0.0992. The molecular formula is C18H12ClF2N3O. The third-order valence-corrected chi connectivity index (χ3v) is 3.78. The molecule has 0 unspecified atom stereocenters. The van der Waals surface area contributed by atoms with Crippen LogP contribution in [0.3, 0.4) is 0 Å². The Kier molecular flexibility index (Phi) is 5.00. The summed E-state index contributed by atoms with van der Waals surface area (Å²) in [4.78, 5) is 20.1. The van der Waals surface area contributed by atoms with E-state index in [0.717, 1.165) is 6.07 Å². The average molecular weight is 360 g/mol. The lowest BCUT2D eigenvalue weighted by atomic mass is 10.0. The number of hydrogen-bond acceptors (Lipinski definition) is 4. The lowest BCUT2D eigenvalue weighted by Gasteiger charge is -2.11. The van der Waals surface area contributed by atoms with Crippen LogP contribution in [-0.4, -0.2) is 15.8 Å². The monoisotopic (exact) mass is 359 g/mol. The summed E-state index contributed by atoms with van der Waals surface area (Å²) in [7, 11) is 0. The maximum Gasteiger partial charge on any atom is 0.168 e. The summed E-state index contributed by atoms with van der Waals surface area (Å²) < 4.78 is 26.5. The molecule has 0 aliphatic heterocycles. The molecule has 25 heavy (non-hydrogen) atoms. The van der Waals surface area contributed by atoms with Crippen molar-refractivity contribution < 1.29 is 13.6 Å². The van der Waals surface area contributed by atoms with E-state index < -0.39 is 5.82 Å². The van der Waals surface area contributed by atoms with Gasteiger partial charge in [-0.2, -0.15) is 0 Å². The largest absolute Gasteiger partial charge is 0.354 e. The highest BCUT2D eigenvalue weighted by Crippen LogP contribution is 2.22. The van der Waals surface area contributed by atoms with E-state index >= 15 is 0 Å². The van der Waals surface area contributed by atoms with Gasteiger partial charge in [0, 0.05) is 30.1 Å². The van der Waals surface area contributed by atoms with Crippen molar-refractivity contribution in [2.75, 3.05) is 5.32 Å². The smallest absolute Gasteiger partial charge is 0.168 e. The van der Waals surface area contributed by atoms with Crippen LogP contribution in [0.5, 0.6) is 0 Å². The Morgan fingerprint density at radius 1 is 1.12 bits per heavy atom. The summed E-state index contributed by atoms with van der Waals surface area (Å²) in [5.74, 6) is -1.40. The number of nitrogens with one attached hydrogen (secondary N) is 1. The molecule has 0 spiro atoms. The van der Waals surface area contributed by atoms with Gasteiger partial charge in [-0.15, -0.1) is 0 Å². The highest BCUT2D eigenvalue weighted by Gasteiger charge is 2.13. The quantitative estimate of drug-likeness (QED) is 0.535. The summed E-state index contributed by atoms with van der Waals surface area (Å²) in [6.07, 6.45) is 4.38. The molecule has 0 amide bonds. The maximum absolute atomic E-state index is 13.5. The van der Waals surface area contributed by atoms with Crippen molar-refractivity contribution in [1.29, 1.82) is 0 Å². The standard InChI is InChI=1S/C18H12ClF2N3O/c19-18-15(21)7-12(9-23-18)17(25)8-11-5-6-22-10-16(11)24-14-3-1-13(20)2-4-14/h1-7,9-10,24H,8H2. The molecule has 7 heteroatoms. The van der Waals surface area contributed by atoms with Gasteiger partial charge in [-0.1, -0.05) is 11.6 Å². The maximum atomic E-state index is 13.5. The molecule has 0 saturated heterocycles. The highest BCUT2D eigenvalue weighted by molar-refractivity contribution is 6.29. The number of carbonyl (C=O) groups is 1. The molecule has 0 aliphatic rings. The van der Waals surface area contributed by atoms with Crippen LogP contribution >= 0.6 is 11.6 Å². The molecule has 1 N–H and O–H groups in total. The van der Waals surface area contributed by atoms with Gasteiger partial charge in [0.2, 0.25) is 0 Å². The number of pyridine rings is 2. The zero-order valence-electron chi connectivity index (χ0n) is 12.8. The summed E-state index contributed by atoms with van der Waals surface area (Å²) in [6, 6.07) is 8.55. The first-order valence-electron chi connectivity index (χ1n) is 7.32. The fourth-order valence-electron chi connectivity index (χ4n) is 2.23. The van der Waals surface area contributed by atoms with Gasteiger partial charge in [-0.3, -0.25) is 9.78 Å². The van der Waals surface area contributed by atoms with E-state index in [0.29, 0.717) is 16.9 Å². The molecule has 3 aromatic rings. The Morgan fingerprint density at radius 2 is 1.88 bits per heavy atom. The number of nitrogens with zero attached hydrogens (tertiary/aromatic N) is 2. The van der Waals surface area contributed by atoms with Gasteiger partial charge < -0.3 is 5.32 Å². The van der Waals surface area contributed by atoms with Crippen molar-refractivity contribution >= 4 is 28.8 Å². The van der Waals surface area contributed by atoms with Crippen LogP contribution < -0.4 is 5.32 Å². The number of hydrogen-bond donors (Lipinski definition) is 1. The first kappa shape index (κ1) is 17.0. The van der Waals surface area contributed by atoms with Gasteiger partial charge in [-0.05, 0) is 42.0 Å². The van der Waals surface area contributed by atoms with Crippen molar-refractivity contribution in [3.8, 4) is 0 Å². The Labute approximate surface area is 147 Å². The normalized spacial score (nSPS) is 10.5. The fraction of sp³-hybridized carbons (Fsp3) is 0.0556. The second-order valence-electron chi connectivity index (χ2n) is 5.26. The Morgan fingerprint density at radius 3 is 2.60 bits per heavy atom. The number of ketones is 1. The van der Waals surface area contributed by atoms with Gasteiger partial charge >= 0.3 is 0 Å². The molecule has 126 valence electrons. The molecule has 0 bridgehead atoms. The molecular weight excluding hydrogens is 348 g/mol. The highest BCUT2D eigenvalue weighted by atomic mass is 35.5. The van der Waals surface area contributed by atoms with E-state index in [-0.39, 0.29) is 28.7 Å². The van der Waals surface area contributed by atoms with Gasteiger partial charge in [-0.25, -0.2) is 13.8 Å². The molecule has 0 radical (unpaired) electrons. The molecule has 0 atom stereocenters. The van der Waals surface area contributed by atoms with Gasteiger partial charge in [0.1, 0.15) is 5.82 Å². The number of benzene rings is 1. The predicted molar refractivity (Wildman–Crippen MR) is 91.2 cm³/mol. The van der Waals surface area contributed by atoms with Crippen LogP contribution in [0.4, 0.5) is 20.2 Å². The molecule has 0 aliphatic carbocycles. The molecule has 0 saturated carbocycles. The SMILES string of the molecule is O=C(Cc1ccncc1Nc1ccc(F)cc1)c1cnc(Cl)c(F)c1. The van der Waals surface area contributed by atoms with Crippen LogP contribution in [0.2, 0.25) is 5.15 Å². The Bertz CT molecular complexity index is 916. The topological polar surface area (TPSA) is 54.9 Å². The number of Topliss-reactive ketones (excluding diaryl/α,β-unsaturated/α-hetero) is 1. The zero-order valence-corrected chi connectivity index (χ0v) is 13.6. The molecule has 2 heterocycles. The zero-order chi connectivity index (χ0) is 17.8.